The van der Waals surface area contributed by atoms with E-state index in [2.05, 4.69) is 0 Å². The molecule has 0 saturated carbocycles. The molecule has 0 amide bonds. The fourth-order valence-electron chi connectivity index (χ4n) is 1.19. The summed E-state index contributed by atoms with van der Waals surface area (Å²) in [6.07, 6.45) is 0.265. The summed E-state index contributed by atoms with van der Waals surface area (Å²) in [4.78, 5) is 31.6. The van der Waals surface area contributed by atoms with Crippen molar-refractivity contribution in [2.75, 3.05) is 0 Å². The fourth-order valence-corrected chi connectivity index (χ4v) is 1.43. The van der Waals surface area contributed by atoms with Gasteiger partial charge in [-0.2, -0.15) is 0 Å². The van der Waals surface area contributed by atoms with Gasteiger partial charge in [-0.3, -0.25) is 19.7 Å². The predicted octanol–water partition coefficient (Wildman–Crippen LogP) is 2.26. The first-order chi connectivity index (χ1) is 6.99. The molecule has 15 heavy (non-hydrogen) atoms. The number of rotatable bonds is 3. The Bertz CT molecular complexity index is 456. The summed E-state index contributed by atoms with van der Waals surface area (Å²) >= 11 is 5.57. The van der Waals surface area contributed by atoms with Gasteiger partial charge in [-0.05, 0) is 19.1 Å². The van der Waals surface area contributed by atoms with E-state index in [0.717, 1.165) is 0 Å². The number of nitro groups is 1. The number of halogens is 1. The van der Waals surface area contributed by atoms with Crippen LogP contribution in [0.3, 0.4) is 0 Å². The zero-order valence-corrected chi connectivity index (χ0v) is 8.45. The van der Waals surface area contributed by atoms with Crippen LogP contribution >= 0.6 is 11.6 Å². The van der Waals surface area contributed by atoms with E-state index < -0.39 is 16.4 Å². The number of nitro benzene ring substituents is 1. The summed E-state index contributed by atoms with van der Waals surface area (Å²) in [5, 5.41) is 10.5. The van der Waals surface area contributed by atoms with Crippen molar-refractivity contribution in [3.63, 3.8) is 0 Å². The van der Waals surface area contributed by atoms with Crippen LogP contribution in [-0.4, -0.2) is 17.0 Å². The zero-order valence-electron chi connectivity index (χ0n) is 7.69. The number of hydrogen-bond donors (Lipinski definition) is 0. The van der Waals surface area contributed by atoms with Gasteiger partial charge in [-0.15, -0.1) is 0 Å². The minimum absolute atomic E-state index is 0.00102. The molecule has 0 N–H and O–H groups in total. The number of carbonyl (C=O) groups excluding carboxylic acids is 2. The van der Waals surface area contributed by atoms with Crippen LogP contribution in [0.25, 0.3) is 0 Å². The Morgan fingerprint density at radius 3 is 2.53 bits per heavy atom. The average Bonchev–Trinajstić information content (AvgIpc) is 2.15. The molecule has 78 valence electrons. The number of nitrogens with zero attached hydrogens (tertiary/aromatic N) is 1. The number of Topliss-reactive ketones (excluding diaryl/α,β-unsaturated/α-hetero) is 1. The molecule has 5 nitrogen and oxygen atoms in total. The van der Waals surface area contributed by atoms with Crippen molar-refractivity contribution in [1.29, 1.82) is 0 Å². The average molecular weight is 228 g/mol. The molecule has 0 bridgehead atoms. The lowest BCUT2D eigenvalue weighted by Crippen LogP contribution is -2.03. The first-order valence-electron chi connectivity index (χ1n) is 3.92. The molecule has 0 fully saturated rings. The van der Waals surface area contributed by atoms with E-state index in [0.29, 0.717) is 0 Å². The second-order valence-corrected chi connectivity index (χ2v) is 3.20. The van der Waals surface area contributed by atoms with Crippen LogP contribution in [0.2, 0.25) is 5.02 Å². The number of aldehydes is 1. The van der Waals surface area contributed by atoms with Gasteiger partial charge in [-0.25, -0.2) is 0 Å². The SMILES string of the molecule is CC(=O)c1ccc(Cl)c([N+](=O)[O-])c1C=O. The molecule has 1 aromatic carbocycles. The minimum Gasteiger partial charge on any atom is -0.298 e. The normalized spacial score (nSPS) is 9.73. The molecule has 0 unspecified atom stereocenters. The highest BCUT2D eigenvalue weighted by atomic mass is 35.5. The highest BCUT2D eigenvalue weighted by Crippen LogP contribution is 2.29. The highest BCUT2D eigenvalue weighted by molar-refractivity contribution is 6.33. The Labute approximate surface area is 89.8 Å². The molecule has 1 aromatic rings. The van der Waals surface area contributed by atoms with Crippen LogP contribution in [0.5, 0.6) is 0 Å². The number of benzene rings is 1. The third kappa shape index (κ3) is 2.02. The van der Waals surface area contributed by atoms with E-state index in [1.165, 1.54) is 19.1 Å². The maximum atomic E-state index is 11.1. The Morgan fingerprint density at radius 2 is 2.13 bits per heavy atom. The smallest absolute Gasteiger partial charge is 0.298 e. The van der Waals surface area contributed by atoms with Crippen molar-refractivity contribution in [1.82, 2.24) is 0 Å². The van der Waals surface area contributed by atoms with Crippen LogP contribution in [0.1, 0.15) is 27.6 Å². The Hall–Kier alpha value is -1.75. The second kappa shape index (κ2) is 4.18. The summed E-state index contributed by atoms with van der Waals surface area (Å²) < 4.78 is 0. The van der Waals surface area contributed by atoms with E-state index in [-0.39, 0.29) is 22.4 Å². The third-order valence-electron chi connectivity index (χ3n) is 1.85. The molecule has 0 saturated heterocycles. The summed E-state index contributed by atoms with van der Waals surface area (Å²) in [7, 11) is 0. The monoisotopic (exact) mass is 227 g/mol. The molecule has 0 atom stereocenters. The number of carbonyl (C=O) groups is 2. The molecule has 0 heterocycles. The van der Waals surface area contributed by atoms with E-state index in [9.17, 15) is 19.7 Å². The molecule has 0 spiro atoms. The predicted molar refractivity (Wildman–Crippen MR) is 53.5 cm³/mol. The Balaban J connectivity index is 3.61. The lowest BCUT2D eigenvalue weighted by molar-refractivity contribution is -0.384. The van der Waals surface area contributed by atoms with Gasteiger partial charge < -0.3 is 0 Å². The molecule has 1 rings (SSSR count). The van der Waals surface area contributed by atoms with Crippen LogP contribution in [0.4, 0.5) is 5.69 Å². The lowest BCUT2D eigenvalue weighted by Gasteiger charge is -2.02. The van der Waals surface area contributed by atoms with Crippen LogP contribution in [-0.2, 0) is 0 Å². The van der Waals surface area contributed by atoms with E-state index in [1.807, 2.05) is 0 Å². The van der Waals surface area contributed by atoms with Gasteiger partial charge in [0.05, 0.1) is 4.92 Å². The second-order valence-electron chi connectivity index (χ2n) is 2.79. The van der Waals surface area contributed by atoms with Crippen molar-refractivity contribution >= 4 is 29.4 Å². The molecular weight excluding hydrogens is 222 g/mol. The van der Waals surface area contributed by atoms with Gasteiger partial charge in [0.2, 0.25) is 0 Å². The zero-order chi connectivity index (χ0) is 11.6. The van der Waals surface area contributed by atoms with Crippen LogP contribution < -0.4 is 0 Å². The van der Waals surface area contributed by atoms with Crippen LogP contribution in [0, 0.1) is 10.1 Å². The standard InChI is InChI=1S/C9H6ClNO4/c1-5(13)6-2-3-8(10)9(11(14)15)7(6)4-12/h2-4H,1H3. The molecule has 0 aliphatic rings. The summed E-state index contributed by atoms with van der Waals surface area (Å²) in [6.45, 7) is 1.22. The molecule has 6 heteroatoms. The molecule has 0 aliphatic carbocycles. The van der Waals surface area contributed by atoms with Gasteiger partial charge in [-0.1, -0.05) is 11.6 Å². The number of hydrogen-bond acceptors (Lipinski definition) is 4. The van der Waals surface area contributed by atoms with Crippen molar-refractivity contribution in [3.8, 4) is 0 Å². The van der Waals surface area contributed by atoms with Crippen molar-refractivity contribution in [2.45, 2.75) is 6.92 Å². The van der Waals surface area contributed by atoms with E-state index in [4.69, 9.17) is 11.6 Å². The van der Waals surface area contributed by atoms with Gasteiger partial charge in [0.25, 0.3) is 5.69 Å². The maximum Gasteiger partial charge on any atom is 0.299 e. The lowest BCUT2D eigenvalue weighted by atomic mass is 10.0. The fraction of sp³-hybridized carbons (Fsp3) is 0.111. The molecule has 0 aromatic heterocycles. The first kappa shape index (κ1) is 11.3. The molecular formula is C9H6ClNO4. The van der Waals surface area contributed by atoms with E-state index in [1.54, 1.807) is 0 Å². The van der Waals surface area contributed by atoms with Crippen LogP contribution in [0.15, 0.2) is 12.1 Å². The summed E-state index contributed by atoms with van der Waals surface area (Å²) in [6, 6.07) is 2.52. The van der Waals surface area contributed by atoms with Crippen molar-refractivity contribution < 1.29 is 14.5 Å². The summed E-state index contributed by atoms with van der Waals surface area (Å²) in [5.74, 6) is -0.420. The van der Waals surface area contributed by atoms with Gasteiger partial charge in [0.1, 0.15) is 10.6 Å². The Morgan fingerprint density at radius 1 is 1.53 bits per heavy atom. The van der Waals surface area contributed by atoms with Crippen molar-refractivity contribution in [3.05, 3.63) is 38.4 Å². The van der Waals surface area contributed by atoms with Gasteiger partial charge in [0, 0.05) is 5.56 Å². The number of ketones is 1. The van der Waals surface area contributed by atoms with Crippen molar-refractivity contribution in [2.24, 2.45) is 0 Å². The maximum absolute atomic E-state index is 11.1. The Kier molecular flexibility index (Phi) is 3.16. The van der Waals surface area contributed by atoms with Gasteiger partial charge in [0.15, 0.2) is 12.1 Å². The highest BCUT2D eigenvalue weighted by Gasteiger charge is 2.23. The molecule has 0 radical (unpaired) electrons. The quantitative estimate of drug-likeness (QED) is 0.343. The minimum atomic E-state index is -0.779. The van der Waals surface area contributed by atoms with Gasteiger partial charge >= 0.3 is 0 Å². The summed E-state index contributed by atoms with van der Waals surface area (Å²) in [5.41, 5.74) is -0.805. The largest absolute Gasteiger partial charge is 0.299 e. The first-order valence-corrected chi connectivity index (χ1v) is 4.29. The topological polar surface area (TPSA) is 77.3 Å². The molecule has 0 aliphatic heterocycles. The third-order valence-corrected chi connectivity index (χ3v) is 2.15. The van der Waals surface area contributed by atoms with E-state index >= 15 is 0 Å².